The predicted octanol–water partition coefficient (Wildman–Crippen LogP) is 4.23. The maximum Gasteiger partial charge on any atom is 0.339 e. The number of hydrogen-bond acceptors (Lipinski definition) is 8. The molecule has 1 fully saturated rings. The molecule has 1 aliphatic rings. The van der Waals surface area contributed by atoms with E-state index in [2.05, 4.69) is 20.3 Å². The summed E-state index contributed by atoms with van der Waals surface area (Å²) in [4.78, 5) is 22.2. The van der Waals surface area contributed by atoms with Gasteiger partial charge in [-0.15, -0.1) is 0 Å². The Labute approximate surface area is 197 Å². The van der Waals surface area contributed by atoms with Crippen molar-refractivity contribution in [2.75, 3.05) is 12.4 Å². The SMILES string of the molecule is COC(CCC(=O)O)=Nc1nc2ccc(OS(=O)(=O)c3ccc(NC4CCCC4)cc3)cc2[nH]1. The fraction of sp³-hybridized carbons (Fsp3) is 0.348. The smallest absolute Gasteiger partial charge is 0.339 e. The van der Waals surface area contributed by atoms with Gasteiger partial charge in [0.25, 0.3) is 0 Å². The molecule has 0 radical (unpaired) electrons. The van der Waals surface area contributed by atoms with Gasteiger partial charge in [-0.1, -0.05) is 12.8 Å². The Kier molecular flexibility index (Phi) is 7.01. The maximum absolute atomic E-state index is 12.8. The van der Waals surface area contributed by atoms with Crippen LogP contribution in [0.15, 0.2) is 52.4 Å². The van der Waals surface area contributed by atoms with Crippen LogP contribution in [0.25, 0.3) is 11.0 Å². The highest BCUT2D eigenvalue weighted by atomic mass is 32.2. The zero-order chi connectivity index (χ0) is 24.1. The third-order valence-electron chi connectivity index (χ3n) is 5.53. The van der Waals surface area contributed by atoms with Crippen LogP contribution in [0.3, 0.4) is 0 Å². The molecule has 1 saturated carbocycles. The summed E-state index contributed by atoms with van der Waals surface area (Å²) < 4.78 is 35.9. The third-order valence-corrected chi connectivity index (χ3v) is 6.80. The van der Waals surface area contributed by atoms with E-state index in [4.69, 9.17) is 14.0 Å². The molecule has 180 valence electrons. The zero-order valence-corrected chi connectivity index (χ0v) is 19.5. The molecule has 34 heavy (non-hydrogen) atoms. The van der Waals surface area contributed by atoms with E-state index < -0.39 is 16.1 Å². The van der Waals surface area contributed by atoms with Gasteiger partial charge in [-0.05, 0) is 49.2 Å². The van der Waals surface area contributed by atoms with E-state index in [1.54, 1.807) is 18.2 Å². The zero-order valence-electron chi connectivity index (χ0n) is 18.7. The molecule has 0 bridgehead atoms. The number of carbonyl (C=O) groups is 1. The number of ether oxygens (including phenoxy) is 1. The molecule has 10 nitrogen and oxygen atoms in total. The Hall–Kier alpha value is -3.60. The van der Waals surface area contributed by atoms with Crippen LogP contribution in [0.2, 0.25) is 0 Å². The van der Waals surface area contributed by atoms with Crippen LogP contribution in [0.4, 0.5) is 11.6 Å². The molecule has 3 aromatic rings. The maximum atomic E-state index is 12.8. The van der Waals surface area contributed by atoms with Gasteiger partial charge in [0.1, 0.15) is 10.6 Å². The normalized spacial score (nSPS) is 14.9. The molecule has 0 spiro atoms. The van der Waals surface area contributed by atoms with E-state index in [9.17, 15) is 13.2 Å². The summed E-state index contributed by atoms with van der Waals surface area (Å²) in [5, 5.41) is 12.2. The number of aromatic nitrogens is 2. The van der Waals surface area contributed by atoms with E-state index >= 15 is 0 Å². The second-order valence-corrected chi connectivity index (χ2v) is 9.58. The molecule has 0 unspecified atom stereocenters. The first-order valence-electron chi connectivity index (χ1n) is 11.0. The minimum absolute atomic E-state index is 0.0580. The van der Waals surface area contributed by atoms with Gasteiger partial charge in [-0.25, -0.2) is 4.98 Å². The minimum Gasteiger partial charge on any atom is -0.484 e. The number of aromatic amines is 1. The van der Waals surface area contributed by atoms with E-state index in [1.165, 1.54) is 44.2 Å². The first-order valence-corrected chi connectivity index (χ1v) is 12.4. The van der Waals surface area contributed by atoms with Crippen LogP contribution in [0.1, 0.15) is 38.5 Å². The molecule has 3 N–H and O–H groups in total. The minimum atomic E-state index is -4.02. The fourth-order valence-corrected chi connectivity index (χ4v) is 4.74. The highest BCUT2D eigenvalue weighted by Gasteiger charge is 2.19. The molecule has 2 aromatic carbocycles. The van der Waals surface area contributed by atoms with Crippen molar-refractivity contribution in [2.45, 2.75) is 49.5 Å². The lowest BCUT2D eigenvalue weighted by molar-refractivity contribution is -0.136. The topological polar surface area (TPSA) is 143 Å². The number of nitrogens with one attached hydrogen (secondary N) is 2. The summed E-state index contributed by atoms with van der Waals surface area (Å²) in [6, 6.07) is 11.6. The molecule has 1 heterocycles. The van der Waals surface area contributed by atoms with Gasteiger partial charge >= 0.3 is 16.1 Å². The van der Waals surface area contributed by atoms with E-state index in [1.807, 2.05) is 0 Å². The molecule has 0 atom stereocenters. The van der Waals surface area contributed by atoms with Crippen molar-refractivity contribution < 1.29 is 27.2 Å². The average molecular weight is 487 g/mol. The number of hydrogen-bond donors (Lipinski definition) is 3. The summed E-state index contributed by atoms with van der Waals surface area (Å²) in [6.07, 6.45) is 4.67. The molecule has 0 amide bonds. The first-order chi connectivity index (χ1) is 16.3. The number of methoxy groups -OCH3 is 1. The molecule has 0 saturated heterocycles. The van der Waals surface area contributed by atoms with Crippen molar-refractivity contribution in [2.24, 2.45) is 4.99 Å². The Morgan fingerprint density at radius 3 is 2.59 bits per heavy atom. The number of carboxylic acid groups (broad SMARTS) is 1. The quantitative estimate of drug-likeness (QED) is 0.232. The molecule has 0 aliphatic heterocycles. The highest BCUT2D eigenvalue weighted by molar-refractivity contribution is 7.87. The Balaban J connectivity index is 1.47. The van der Waals surface area contributed by atoms with Gasteiger partial charge in [0.05, 0.1) is 24.6 Å². The number of carboxylic acids is 1. The lowest BCUT2D eigenvalue weighted by atomic mass is 10.2. The van der Waals surface area contributed by atoms with Crippen LogP contribution in [-0.2, 0) is 19.6 Å². The van der Waals surface area contributed by atoms with Gasteiger partial charge in [-0.2, -0.15) is 13.4 Å². The van der Waals surface area contributed by atoms with Gasteiger partial charge < -0.3 is 24.3 Å². The summed E-state index contributed by atoms with van der Waals surface area (Å²) in [7, 11) is -2.62. The third kappa shape index (κ3) is 5.84. The number of rotatable bonds is 9. The Morgan fingerprint density at radius 1 is 1.18 bits per heavy atom. The summed E-state index contributed by atoms with van der Waals surface area (Å²) in [6.45, 7) is 0. The second-order valence-electron chi connectivity index (χ2n) is 8.03. The van der Waals surface area contributed by atoms with Gasteiger partial charge in [-0.3, -0.25) is 4.79 Å². The number of fused-ring (bicyclic) bond motifs is 1. The van der Waals surface area contributed by atoms with E-state index in [0.717, 1.165) is 18.5 Å². The van der Waals surface area contributed by atoms with Gasteiger partial charge in [0.2, 0.25) is 5.95 Å². The largest absolute Gasteiger partial charge is 0.484 e. The number of anilines is 1. The molecule has 1 aliphatic carbocycles. The van der Waals surface area contributed by atoms with Crippen LogP contribution in [-0.4, -0.2) is 48.5 Å². The molecular weight excluding hydrogens is 460 g/mol. The van der Waals surface area contributed by atoms with Gasteiger partial charge in [0.15, 0.2) is 5.90 Å². The monoisotopic (exact) mass is 486 g/mol. The lowest BCUT2D eigenvalue weighted by Gasteiger charge is -2.14. The van der Waals surface area contributed by atoms with Crippen LogP contribution in [0, 0.1) is 0 Å². The highest BCUT2D eigenvalue weighted by Crippen LogP contribution is 2.26. The van der Waals surface area contributed by atoms with Crippen molar-refractivity contribution in [3.63, 3.8) is 0 Å². The van der Waals surface area contributed by atoms with Crippen LogP contribution >= 0.6 is 0 Å². The van der Waals surface area contributed by atoms with Crippen molar-refractivity contribution in [1.82, 2.24) is 9.97 Å². The number of aliphatic carboxylic acids is 1. The second kappa shape index (κ2) is 10.1. The van der Waals surface area contributed by atoms with Crippen molar-refractivity contribution in [3.05, 3.63) is 42.5 Å². The standard InChI is InChI=1S/C23H26N4O6S/c1-32-21(12-13-22(28)29)27-23-25-19-11-8-17(14-20(19)26-23)33-34(30,31)18-9-6-16(7-10-18)24-15-4-2-3-5-15/h6-11,14-15,24H,2-5,12-13H2,1H3,(H,25,26)(H,28,29). The molecule has 1 aromatic heterocycles. The van der Waals surface area contributed by atoms with Crippen molar-refractivity contribution >= 4 is 44.7 Å². The first kappa shape index (κ1) is 23.6. The van der Waals surface area contributed by atoms with Crippen molar-refractivity contribution in [1.29, 1.82) is 0 Å². The summed E-state index contributed by atoms with van der Waals surface area (Å²) in [5.74, 6) is -0.413. The number of imidazole rings is 1. The van der Waals surface area contributed by atoms with E-state index in [-0.39, 0.29) is 35.3 Å². The van der Waals surface area contributed by atoms with E-state index in [0.29, 0.717) is 17.1 Å². The Morgan fingerprint density at radius 2 is 1.91 bits per heavy atom. The van der Waals surface area contributed by atoms with Crippen LogP contribution in [0.5, 0.6) is 5.75 Å². The molecule has 4 rings (SSSR count). The lowest BCUT2D eigenvalue weighted by Crippen LogP contribution is -2.14. The average Bonchev–Trinajstić information content (AvgIpc) is 3.45. The fourth-order valence-electron chi connectivity index (χ4n) is 3.81. The predicted molar refractivity (Wildman–Crippen MR) is 127 cm³/mol. The summed E-state index contributed by atoms with van der Waals surface area (Å²) in [5.41, 5.74) is 1.94. The van der Waals surface area contributed by atoms with Gasteiger partial charge in [0, 0.05) is 24.2 Å². The molecular formula is C23H26N4O6S. The van der Waals surface area contributed by atoms with Crippen molar-refractivity contribution in [3.8, 4) is 5.75 Å². The summed E-state index contributed by atoms with van der Waals surface area (Å²) >= 11 is 0. The number of aliphatic imine (C=N–C) groups is 1. The number of H-pyrrole nitrogens is 1. The number of nitrogens with zero attached hydrogens (tertiary/aromatic N) is 2. The molecule has 11 heteroatoms. The Bertz CT molecular complexity index is 1290. The number of benzene rings is 2. The van der Waals surface area contributed by atoms with Crippen LogP contribution < -0.4 is 9.50 Å².